The van der Waals surface area contributed by atoms with Gasteiger partial charge in [0.15, 0.2) is 0 Å². The molecule has 2 aromatic heterocycles. The van der Waals surface area contributed by atoms with Crippen LogP contribution in [0.2, 0.25) is 0 Å². The standard InChI is InChI=1S/C12H14BrN3OS/c1-2-16-12(17)11(13)10(7-15-16)14-5-3-9-4-6-18-8-9/h4,6-8,14H,2-3,5H2,1H3. The summed E-state index contributed by atoms with van der Waals surface area (Å²) in [6.07, 6.45) is 2.62. The van der Waals surface area contributed by atoms with Gasteiger partial charge in [0, 0.05) is 13.1 Å². The summed E-state index contributed by atoms with van der Waals surface area (Å²) in [5, 5.41) is 11.5. The van der Waals surface area contributed by atoms with E-state index in [0.717, 1.165) is 18.7 Å². The Morgan fingerprint density at radius 3 is 3.06 bits per heavy atom. The van der Waals surface area contributed by atoms with Gasteiger partial charge in [0.1, 0.15) is 4.47 Å². The molecule has 0 spiro atoms. The third kappa shape index (κ3) is 3.00. The molecule has 2 rings (SSSR count). The van der Waals surface area contributed by atoms with E-state index in [1.54, 1.807) is 17.5 Å². The molecular formula is C12H14BrN3OS. The molecule has 0 unspecified atom stereocenters. The molecule has 2 heterocycles. The van der Waals surface area contributed by atoms with E-state index < -0.39 is 0 Å². The lowest BCUT2D eigenvalue weighted by molar-refractivity contribution is 0.613. The Hall–Kier alpha value is -1.14. The van der Waals surface area contributed by atoms with Crippen molar-refractivity contribution in [3.8, 4) is 0 Å². The third-order valence-corrected chi connectivity index (χ3v) is 4.09. The Bertz CT molecular complexity index is 565. The molecular weight excluding hydrogens is 314 g/mol. The Morgan fingerprint density at radius 1 is 1.56 bits per heavy atom. The Labute approximate surface area is 118 Å². The second-order valence-corrected chi connectivity index (χ2v) is 5.37. The third-order valence-electron chi connectivity index (χ3n) is 2.59. The van der Waals surface area contributed by atoms with E-state index >= 15 is 0 Å². The zero-order valence-electron chi connectivity index (χ0n) is 10.0. The highest BCUT2D eigenvalue weighted by Crippen LogP contribution is 2.16. The molecule has 0 aliphatic heterocycles. The van der Waals surface area contributed by atoms with Gasteiger partial charge in [-0.05, 0) is 51.7 Å². The minimum absolute atomic E-state index is 0.0990. The van der Waals surface area contributed by atoms with Crippen LogP contribution in [-0.2, 0) is 13.0 Å². The molecule has 18 heavy (non-hydrogen) atoms. The van der Waals surface area contributed by atoms with Crippen LogP contribution in [0.15, 0.2) is 32.3 Å². The first-order valence-corrected chi connectivity index (χ1v) is 7.46. The van der Waals surface area contributed by atoms with E-state index in [1.165, 1.54) is 10.2 Å². The molecule has 0 saturated heterocycles. The lowest BCUT2D eigenvalue weighted by atomic mass is 10.2. The summed E-state index contributed by atoms with van der Waals surface area (Å²) in [5.74, 6) is 0. The summed E-state index contributed by atoms with van der Waals surface area (Å²) < 4.78 is 1.97. The average Bonchev–Trinajstić information content (AvgIpc) is 2.88. The summed E-state index contributed by atoms with van der Waals surface area (Å²) in [6.45, 7) is 3.25. The van der Waals surface area contributed by atoms with Crippen molar-refractivity contribution in [1.29, 1.82) is 0 Å². The Kier molecular flexibility index (Phi) is 4.54. The van der Waals surface area contributed by atoms with Gasteiger partial charge in [0.25, 0.3) is 5.56 Å². The second kappa shape index (κ2) is 6.15. The first-order valence-electron chi connectivity index (χ1n) is 5.73. The van der Waals surface area contributed by atoms with E-state index in [4.69, 9.17) is 0 Å². The van der Waals surface area contributed by atoms with Gasteiger partial charge in [0.05, 0.1) is 11.9 Å². The number of nitrogens with zero attached hydrogens (tertiary/aromatic N) is 2. The normalized spacial score (nSPS) is 10.6. The molecule has 0 fully saturated rings. The van der Waals surface area contributed by atoms with Crippen LogP contribution in [0.1, 0.15) is 12.5 Å². The van der Waals surface area contributed by atoms with Crippen molar-refractivity contribution in [3.05, 3.63) is 43.4 Å². The van der Waals surface area contributed by atoms with Gasteiger partial charge in [-0.1, -0.05) is 0 Å². The zero-order chi connectivity index (χ0) is 13.0. The molecule has 0 aliphatic rings. The van der Waals surface area contributed by atoms with E-state index in [2.05, 4.69) is 43.2 Å². The van der Waals surface area contributed by atoms with Crippen molar-refractivity contribution in [2.75, 3.05) is 11.9 Å². The van der Waals surface area contributed by atoms with Gasteiger partial charge in [-0.2, -0.15) is 16.4 Å². The lowest BCUT2D eigenvalue weighted by Gasteiger charge is -2.08. The van der Waals surface area contributed by atoms with Crippen LogP contribution >= 0.6 is 27.3 Å². The van der Waals surface area contributed by atoms with Crippen LogP contribution in [0.5, 0.6) is 0 Å². The largest absolute Gasteiger partial charge is 0.382 e. The van der Waals surface area contributed by atoms with Crippen molar-refractivity contribution in [1.82, 2.24) is 9.78 Å². The maximum atomic E-state index is 11.8. The molecule has 0 radical (unpaired) electrons. The molecule has 0 saturated carbocycles. The quantitative estimate of drug-likeness (QED) is 0.918. The van der Waals surface area contributed by atoms with Crippen LogP contribution in [0.25, 0.3) is 0 Å². The molecule has 2 aromatic rings. The molecule has 0 aromatic carbocycles. The minimum Gasteiger partial charge on any atom is -0.382 e. The molecule has 1 N–H and O–H groups in total. The Balaban J connectivity index is 2.02. The summed E-state index contributed by atoms with van der Waals surface area (Å²) in [7, 11) is 0. The van der Waals surface area contributed by atoms with Gasteiger partial charge in [-0.15, -0.1) is 0 Å². The second-order valence-electron chi connectivity index (χ2n) is 3.80. The van der Waals surface area contributed by atoms with Gasteiger partial charge < -0.3 is 5.32 Å². The molecule has 96 valence electrons. The van der Waals surface area contributed by atoms with Crippen molar-refractivity contribution in [3.63, 3.8) is 0 Å². The number of nitrogens with one attached hydrogen (secondary N) is 1. The van der Waals surface area contributed by atoms with Crippen LogP contribution in [0, 0.1) is 0 Å². The fourth-order valence-corrected chi connectivity index (χ4v) is 2.74. The fraction of sp³-hybridized carbons (Fsp3) is 0.333. The molecule has 6 heteroatoms. The van der Waals surface area contributed by atoms with Gasteiger partial charge in [0.2, 0.25) is 0 Å². The topological polar surface area (TPSA) is 46.9 Å². The van der Waals surface area contributed by atoms with Gasteiger partial charge >= 0.3 is 0 Å². The number of anilines is 1. The van der Waals surface area contributed by atoms with Crippen LogP contribution in [-0.4, -0.2) is 16.3 Å². The lowest BCUT2D eigenvalue weighted by Crippen LogP contribution is -2.23. The summed E-state index contributed by atoms with van der Waals surface area (Å²) in [5.41, 5.74) is 1.96. The number of hydrogen-bond acceptors (Lipinski definition) is 4. The zero-order valence-corrected chi connectivity index (χ0v) is 12.4. The number of rotatable bonds is 5. The van der Waals surface area contributed by atoms with Crippen molar-refractivity contribution in [2.45, 2.75) is 19.9 Å². The SMILES string of the molecule is CCn1ncc(NCCc2ccsc2)c(Br)c1=O. The smallest absolute Gasteiger partial charge is 0.283 e. The number of thiophene rings is 1. The first kappa shape index (κ1) is 13.3. The molecule has 0 bridgehead atoms. The van der Waals surface area contributed by atoms with Crippen LogP contribution in [0.3, 0.4) is 0 Å². The average molecular weight is 328 g/mol. The minimum atomic E-state index is -0.0990. The highest BCUT2D eigenvalue weighted by atomic mass is 79.9. The number of halogens is 1. The van der Waals surface area contributed by atoms with Crippen LogP contribution < -0.4 is 10.9 Å². The number of aromatic nitrogens is 2. The molecule has 4 nitrogen and oxygen atoms in total. The first-order chi connectivity index (χ1) is 8.72. The fourth-order valence-electron chi connectivity index (χ4n) is 1.59. The molecule has 0 amide bonds. The van der Waals surface area contributed by atoms with Gasteiger partial charge in [-0.25, -0.2) is 4.68 Å². The highest BCUT2D eigenvalue weighted by Gasteiger charge is 2.07. The predicted octanol–water partition coefficient (Wildman–Crippen LogP) is 2.74. The molecule has 0 atom stereocenters. The highest BCUT2D eigenvalue weighted by molar-refractivity contribution is 9.10. The van der Waals surface area contributed by atoms with E-state index in [0.29, 0.717) is 11.0 Å². The monoisotopic (exact) mass is 327 g/mol. The molecule has 0 aliphatic carbocycles. The maximum Gasteiger partial charge on any atom is 0.283 e. The van der Waals surface area contributed by atoms with E-state index in [1.807, 2.05) is 6.92 Å². The van der Waals surface area contributed by atoms with Crippen molar-refractivity contribution in [2.24, 2.45) is 0 Å². The van der Waals surface area contributed by atoms with Crippen molar-refractivity contribution < 1.29 is 0 Å². The Morgan fingerprint density at radius 2 is 2.39 bits per heavy atom. The summed E-state index contributed by atoms with van der Waals surface area (Å²) in [6, 6.07) is 2.11. The number of hydrogen-bond donors (Lipinski definition) is 1. The maximum absolute atomic E-state index is 11.8. The summed E-state index contributed by atoms with van der Waals surface area (Å²) >= 11 is 5.01. The summed E-state index contributed by atoms with van der Waals surface area (Å²) in [4.78, 5) is 11.8. The van der Waals surface area contributed by atoms with E-state index in [-0.39, 0.29) is 5.56 Å². The van der Waals surface area contributed by atoms with Crippen LogP contribution in [0.4, 0.5) is 5.69 Å². The predicted molar refractivity (Wildman–Crippen MR) is 78.4 cm³/mol. The number of aryl methyl sites for hydroxylation is 1. The van der Waals surface area contributed by atoms with Crippen molar-refractivity contribution >= 4 is 33.0 Å². The van der Waals surface area contributed by atoms with E-state index in [9.17, 15) is 4.79 Å². The van der Waals surface area contributed by atoms with Gasteiger partial charge in [-0.3, -0.25) is 4.79 Å².